The maximum Gasteiger partial charge on any atom is 0.222 e. The Bertz CT molecular complexity index is 599. The Morgan fingerprint density at radius 3 is 2.92 bits per heavy atom. The fourth-order valence-corrected chi connectivity index (χ4v) is 3.56. The van der Waals surface area contributed by atoms with E-state index in [4.69, 9.17) is 9.47 Å². The zero-order chi connectivity index (χ0) is 16.4. The molecule has 0 unspecified atom stereocenters. The van der Waals surface area contributed by atoms with E-state index in [1.807, 2.05) is 6.07 Å². The van der Waals surface area contributed by atoms with E-state index in [9.17, 15) is 4.79 Å². The molecule has 8 nitrogen and oxygen atoms in total. The van der Waals surface area contributed by atoms with E-state index in [1.165, 1.54) is 0 Å². The van der Waals surface area contributed by atoms with Crippen LogP contribution in [-0.4, -0.2) is 66.9 Å². The van der Waals surface area contributed by atoms with Gasteiger partial charge in [0.25, 0.3) is 0 Å². The van der Waals surface area contributed by atoms with Crippen molar-refractivity contribution >= 4 is 11.7 Å². The van der Waals surface area contributed by atoms with Crippen LogP contribution in [0.2, 0.25) is 0 Å². The van der Waals surface area contributed by atoms with E-state index in [2.05, 4.69) is 25.5 Å². The molecule has 24 heavy (non-hydrogen) atoms. The number of nitrogens with zero attached hydrogens (tertiary/aromatic N) is 3. The topological polar surface area (TPSA) is 88.6 Å². The van der Waals surface area contributed by atoms with Gasteiger partial charge in [-0.05, 0) is 0 Å². The summed E-state index contributed by atoms with van der Waals surface area (Å²) in [5, 5.41) is 6.39. The minimum atomic E-state index is -0.132. The first-order chi connectivity index (χ1) is 11.7. The molecule has 130 valence electrons. The molecule has 0 saturated carbocycles. The molecule has 0 aliphatic carbocycles. The van der Waals surface area contributed by atoms with Crippen molar-refractivity contribution < 1.29 is 14.3 Å². The lowest BCUT2D eigenvalue weighted by Crippen LogP contribution is -2.70. The second kappa shape index (κ2) is 6.52. The van der Waals surface area contributed by atoms with Gasteiger partial charge in [-0.15, -0.1) is 0 Å². The van der Waals surface area contributed by atoms with Gasteiger partial charge in [-0.3, -0.25) is 4.79 Å². The largest absolute Gasteiger partial charge is 0.474 e. The molecule has 2 N–H and O–H groups in total. The van der Waals surface area contributed by atoms with Gasteiger partial charge in [0.15, 0.2) is 0 Å². The smallest absolute Gasteiger partial charge is 0.222 e. The Balaban J connectivity index is 1.39. The van der Waals surface area contributed by atoms with Crippen LogP contribution in [-0.2, 0) is 9.53 Å². The fourth-order valence-electron chi connectivity index (χ4n) is 3.56. The Labute approximate surface area is 140 Å². The van der Waals surface area contributed by atoms with Crippen LogP contribution in [0, 0.1) is 0 Å². The van der Waals surface area contributed by atoms with Gasteiger partial charge in [-0.25, -0.2) is 9.97 Å². The van der Waals surface area contributed by atoms with Crippen molar-refractivity contribution in [1.82, 2.24) is 20.6 Å². The van der Waals surface area contributed by atoms with E-state index in [-0.39, 0.29) is 17.6 Å². The van der Waals surface area contributed by atoms with Crippen LogP contribution in [0.3, 0.4) is 0 Å². The molecular formula is C16H23N5O3. The predicted molar refractivity (Wildman–Crippen MR) is 87.1 cm³/mol. The third-order valence-electron chi connectivity index (χ3n) is 4.84. The van der Waals surface area contributed by atoms with Crippen molar-refractivity contribution in [1.29, 1.82) is 0 Å². The average Bonchev–Trinajstić information content (AvgIpc) is 2.76. The Morgan fingerprint density at radius 2 is 2.08 bits per heavy atom. The predicted octanol–water partition coefficient (Wildman–Crippen LogP) is -0.297. The second-order valence-electron chi connectivity index (χ2n) is 6.73. The highest BCUT2D eigenvalue weighted by Gasteiger charge is 2.45. The van der Waals surface area contributed by atoms with Crippen LogP contribution in [0.15, 0.2) is 12.4 Å². The molecule has 4 heterocycles. The van der Waals surface area contributed by atoms with E-state index >= 15 is 0 Å². The lowest BCUT2D eigenvalue weighted by Gasteiger charge is -2.50. The number of carbonyl (C=O) groups is 1. The zero-order valence-corrected chi connectivity index (χ0v) is 13.7. The maximum absolute atomic E-state index is 11.8. The normalized spacial score (nSPS) is 24.2. The molecule has 3 saturated heterocycles. The van der Waals surface area contributed by atoms with Gasteiger partial charge in [0.05, 0.1) is 18.8 Å². The summed E-state index contributed by atoms with van der Waals surface area (Å²) >= 11 is 0. The third kappa shape index (κ3) is 3.29. The van der Waals surface area contributed by atoms with Crippen molar-refractivity contribution in [2.45, 2.75) is 30.9 Å². The lowest BCUT2D eigenvalue weighted by molar-refractivity contribution is -0.122. The summed E-state index contributed by atoms with van der Waals surface area (Å²) in [5.41, 5.74) is -0.132. The Kier molecular flexibility index (Phi) is 4.24. The molecular weight excluding hydrogens is 310 g/mol. The molecule has 3 aliphatic heterocycles. The molecule has 1 spiro atoms. The summed E-state index contributed by atoms with van der Waals surface area (Å²) in [4.78, 5) is 22.5. The van der Waals surface area contributed by atoms with Gasteiger partial charge < -0.3 is 25.0 Å². The number of rotatable bonds is 3. The van der Waals surface area contributed by atoms with Crippen molar-refractivity contribution in [3.8, 4) is 5.88 Å². The number of hydrogen-bond acceptors (Lipinski definition) is 7. The third-order valence-corrected chi connectivity index (χ3v) is 4.84. The molecule has 0 aromatic carbocycles. The minimum Gasteiger partial charge on any atom is -0.474 e. The number of amides is 1. The number of ether oxygens (including phenoxy) is 2. The average molecular weight is 333 g/mol. The molecule has 8 heteroatoms. The number of anilines is 1. The highest BCUT2D eigenvalue weighted by molar-refractivity contribution is 5.78. The number of nitrogens with one attached hydrogen (secondary N) is 2. The summed E-state index contributed by atoms with van der Waals surface area (Å²) in [6.45, 7) is 4.52. The van der Waals surface area contributed by atoms with E-state index in [0.29, 0.717) is 18.8 Å². The molecule has 1 aromatic rings. The van der Waals surface area contributed by atoms with Crippen LogP contribution in [0.1, 0.15) is 19.3 Å². The second-order valence-corrected chi connectivity index (χ2v) is 6.73. The summed E-state index contributed by atoms with van der Waals surface area (Å²) in [5.74, 6) is 1.58. The Morgan fingerprint density at radius 1 is 1.25 bits per heavy atom. The molecule has 4 rings (SSSR count). The van der Waals surface area contributed by atoms with Crippen LogP contribution in [0.4, 0.5) is 5.82 Å². The maximum atomic E-state index is 11.8. The van der Waals surface area contributed by atoms with Crippen molar-refractivity contribution in [2.24, 2.45) is 0 Å². The van der Waals surface area contributed by atoms with Crippen molar-refractivity contribution in [3.05, 3.63) is 12.4 Å². The number of hydrogen-bond donors (Lipinski definition) is 2. The molecule has 1 amide bonds. The van der Waals surface area contributed by atoms with Crippen molar-refractivity contribution in [2.75, 3.05) is 44.3 Å². The van der Waals surface area contributed by atoms with E-state index < -0.39 is 0 Å². The molecule has 3 aliphatic rings. The summed E-state index contributed by atoms with van der Waals surface area (Å²) < 4.78 is 11.3. The van der Waals surface area contributed by atoms with Gasteiger partial charge >= 0.3 is 0 Å². The lowest BCUT2D eigenvalue weighted by atomic mass is 9.86. The number of carbonyl (C=O) groups excluding carboxylic acids is 1. The first-order valence-electron chi connectivity index (χ1n) is 8.56. The highest BCUT2D eigenvalue weighted by atomic mass is 16.5. The Hall–Kier alpha value is -1.93. The van der Waals surface area contributed by atoms with Gasteiger partial charge in [0.2, 0.25) is 11.8 Å². The molecule has 1 aromatic heterocycles. The molecule has 0 atom stereocenters. The highest BCUT2D eigenvalue weighted by Crippen LogP contribution is 2.31. The molecule has 3 fully saturated rings. The van der Waals surface area contributed by atoms with Crippen molar-refractivity contribution in [3.63, 3.8) is 0 Å². The molecule has 0 bridgehead atoms. The molecule has 0 radical (unpaired) electrons. The minimum absolute atomic E-state index is 0.117. The monoisotopic (exact) mass is 333 g/mol. The first kappa shape index (κ1) is 15.6. The standard InChI is InChI=1S/C16H23N5O3/c22-14-8-16(20-4-3-17-14)9-21(10-16)13-7-15(19-11-18-13)24-12-1-5-23-6-2-12/h7,11-12,20H,1-6,8-10H2,(H,17,22). The summed E-state index contributed by atoms with van der Waals surface area (Å²) in [7, 11) is 0. The van der Waals surface area contributed by atoms with Crippen LogP contribution in [0.5, 0.6) is 5.88 Å². The SMILES string of the molecule is O=C1CC2(CN(c3cc(OC4CCOCC4)ncn3)C2)NCCN1. The quantitative estimate of drug-likeness (QED) is 0.785. The van der Waals surface area contributed by atoms with E-state index in [0.717, 1.165) is 51.5 Å². The first-order valence-corrected chi connectivity index (χ1v) is 8.56. The fraction of sp³-hybridized carbons (Fsp3) is 0.688. The zero-order valence-electron chi connectivity index (χ0n) is 13.7. The van der Waals surface area contributed by atoms with Gasteiger partial charge in [-0.1, -0.05) is 0 Å². The van der Waals surface area contributed by atoms with Gasteiger partial charge in [-0.2, -0.15) is 0 Å². The summed E-state index contributed by atoms with van der Waals surface area (Å²) in [6, 6.07) is 1.89. The van der Waals surface area contributed by atoms with Gasteiger partial charge in [0.1, 0.15) is 18.2 Å². The number of aromatic nitrogens is 2. The van der Waals surface area contributed by atoms with Crippen LogP contribution < -0.4 is 20.3 Å². The van der Waals surface area contributed by atoms with Gasteiger partial charge in [0, 0.05) is 51.5 Å². The van der Waals surface area contributed by atoms with E-state index in [1.54, 1.807) is 6.33 Å². The van der Waals surface area contributed by atoms with Crippen LogP contribution >= 0.6 is 0 Å². The summed E-state index contributed by atoms with van der Waals surface area (Å²) in [6.07, 6.45) is 4.01. The van der Waals surface area contributed by atoms with Crippen LogP contribution in [0.25, 0.3) is 0 Å².